The van der Waals surface area contributed by atoms with Crippen molar-refractivity contribution in [1.82, 2.24) is 0 Å². The van der Waals surface area contributed by atoms with E-state index in [2.05, 4.69) is 19.1 Å². The molecule has 0 aromatic heterocycles. The van der Waals surface area contributed by atoms with Gasteiger partial charge in [-0.05, 0) is 62.2 Å². The van der Waals surface area contributed by atoms with Crippen LogP contribution in [-0.2, 0) is 0 Å². The first kappa shape index (κ1) is 19.0. The molecular formula is C22H39F. The number of unbranched alkanes of at least 4 members (excludes halogenated alkanes) is 1. The van der Waals surface area contributed by atoms with Gasteiger partial charge in [-0.1, -0.05) is 70.4 Å². The van der Waals surface area contributed by atoms with Crippen molar-refractivity contribution in [3.8, 4) is 0 Å². The highest BCUT2D eigenvalue weighted by molar-refractivity contribution is 4.91. The molecule has 2 fully saturated rings. The van der Waals surface area contributed by atoms with E-state index in [-0.39, 0.29) is 6.67 Å². The molecule has 134 valence electrons. The predicted molar refractivity (Wildman–Crippen MR) is 99.4 cm³/mol. The monoisotopic (exact) mass is 322 g/mol. The average Bonchev–Trinajstić information content (AvgIpc) is 2.59. The lowest BCUT2D eigenvalue weighted by Crippen LogP contribution is -2.17. The summed E-state index contributed by atoms with van der Waals surface area (Å²) in [4.78, 5) is 0. The van der Waals surface area contributed by atoms with Gasteiger partial charge in [0.15, 0.2) is 0 Å². The van der Waals surface area contributed by atoms with Crippen molar-refractivity contribution in [2.24, 2.45) is 23.7 Å². The van der Waals surface area contributed by atoms with E-state index in [1.165, 1.54) is 77.0 Å². The summed E-state index contributed by atoms with van der Waals surface area (Å²) in [6, 6.07) is 0. The Morgan fingerprint density at radius 3 is 1.83 bits per heavy atom. The Bertz CT molecular complexity index is 306. The maximum Gasteiger partial charge on any atom is 0.0897 e. The van der Waals surface area contributed by atoms with Crippen molar-refractivity contribution in [3.05, 3.63) is 12.2 Å². The maximum absolute atomic E-state index is 12.1. The summed E-state index contributed by atoms with van der Waals surface area (Å²) in [5.74, 6) is 3.88. The van der Waals surface area contributed by atoms with Crippen molar-refractivity contribution >= 4 is 0 Å². The lowest BCUT2D eigenvalue weighted by atomic mass is 9.75. The molecule has 0 bridgehead atoms. The summed E-state index contributed by atoms with van der Waals surface area (Å²) >= 11 is 0. The summed E-state index contributed by atoms with van der Waals surface area (Å²) in [5.41, 5.74) is 0. The largest absolute Gasteiger partial charge is 0.251 e. The second-order valence-electron chi connectivity index (χ2n) is 8.29. The molecule has 0 aromatic rings. The minimum absolute atomic E-state index is 0.169. The molecule has 0 heterocycles. The molecule has 0 spiro atoms. The summed E-state index contributed by atoms with van der Waals surface area (Å²) in [6.07, 6.45) is 23.7. The van der Waals surface area contributed by atoms with Gasteiger partial charge in [0.25, 0.3) is 0 Å². The molecule has 0 atom stereocenters. The number of hydrogen-bond acceptors (Lipinski definition) is 0. The lowest BCUT2D eigenvalue weighted by molar-refractivity contribution is 0.221. The Hall–Kier alpha value is -0.330. The van der Waals surface area contributed by atoms with Crippen molar-refractivity contribution in [2.75, 3.05) is 6.67 Å². The first-order chi connectivity index (χ1) is 11.3. The van der Waals surface area contributed by atoms with Gasteiger partial charge >= 0.3 is 0 Å². The fraction of sp³-hybridized carbons (Fsp3) is 0.909. The van der Waals surface area contributed by atoms with Crippen LogP contribution in [0.4, 0.5) is 4.39 Å². The fourth-order valence-corrected chi connectivity index (χ4v) is 4.84. The number of alkyl halides is 1. The number of rotatable bonds is 9. The van der Waals surface area contributed by atoms with E-state index < -0.39 is 0 Å². The molecule has 1 heteroatoms. The van der Waals surface area contributed by atoms with Crippen LogP contribution < -0.4 is 0 Å². The van der Waals surface area contributed by atoms with E-state index in [1.807, 2.05) is 0 Å². The van der Waals surface area contributed by atoms with Crippen LogP contribution in [-0.4, -0.2) is 6.67 Å². The van der Waals surface area contributed by atoms with E-state index in [1.54, 1.807) is 0 Å². The molecule has 2 saturated carbocycles. The van der Waals surface area contributed by atoms with Crippen LogP contribution in [0.2, 0.25) is 0 Å². The molecule has 0 aliphatic heterocycles. The topological polar surface area (TPSA) is 0 Å². The molecule has 0 aromatic carbocycles. The minimum Gasteiger partial charge on any atom is -0.251 e. The molecule has 2 rings (SSSR count). The zero-order valence-electron chi connectivity index (χ0n) is 15.4. The quantitative estimate of drug-likeness (QED) is 0.305. The second-order valence-corrected chi connectivity index (χ2v) is 8.29. The molecule has 0 amide bonds. The summed E-state index contributed by atoms with van der Waals surface area (Å²) in [6.45, 7) is 2.16. The normalized spacial score (nSPS) is 32.4. The van der Waals surface area contributed by atoms with Crippen LogP contribution in [0, 0.1) is 23.7 Å². The third-order valence-electron chi connectivity index (χ3n) is 6.45. The highest BCUT2D eigenvalue weighted by Crippen LogP contribution is 2.37. The van der Waals surface area contributed by atoms with Crippen LogP contribution in [0.25, 0.3) is 0 Å². The van der Waals surface area contributed by atoms with Crippen molar-refractivity contribution in [2.45, 2.75) is 96.8 Å². The Labute approximate surface area is 144 Å². The van der Waals surface area contributed by atoms with Gasteiger partial charge in [-0.3, -0.25) is 4.39 Å². The van der Waals surface area contributed by atoms with Gasteiger partial charge < -0.3 is 0 Å². The Kier molecular flexibility index (Phi) is 9.31. The van der Waals surface area contributed by atoms with Crippen LogP contribution in [0.3, 0.4) is 0 Å². The van der Waals surface area contributed by atoms with Gasteiger partial charge in [0.05, 0.1) is 6.67 Å². The van der Waals surface area contributed by atoms with Gasteiger partial charge in [-0.2, -0.15) is 0 Å². The van der Waals surface area contributed by atoms with E-state index in [0.29, 0.717) is 6.42 Å². The molecule has 0 N–H and O–H groups in total. The first-order valence-corrected chi connectivity index (χ1v) is 10.5. The highest BCUT2D eigenvalue weighted by atomic mass is 19.1. The second kappa shape index (κ2) is 11.3. The van der Waals surface area contributed by atoms with Gasteiger partial charge in [0.1, 0.15) is 0 Å². The zero-order valence-corrected chi connectivity index (χ0v) is 15.4. The predicted octanol–water partition coefficient (Wildman–Crippen LogP) is 7.49. The standard InChI is InChI=1S/C22H39F/c1-2-6-19-8-12-21(13-9-19)16-17-22-14-10-20(11-15-22)7-4-3-5-18-23/h4,7,19-22H,2-3,5-6,8-18H2,1H3. The number of halogens is 1. The van der Waals surface area contributed by atoms with Crippen molar-refractivity contribution in [1.29, 1.82) is 0 Å². The molecule has 2 aliphatic rings. The Morgan fingerprint density at radius 2 is 1.30 bits per heavy atom. The average molecular weight is 323 g/mol. The Balaban J connectivity index is 1.54. The Morgan fingerprint density at radius 1 is 0.783 bits per heavy atom. The van der Waals surface area contributed by atoms with Crippen LogP contribution in [0.5, 0.6) is 0 Å². The van der Waals surface area contributed by atoms with Gasteiger partial charge in [-0.15, -0.1) is 0 Å². The van der Waals surface area contributed by atoms with Crippen LogP contribution >= 0.6 is 0 Å². The third-order valence-corrected chi connectivity index (χ3v) is 6.45. The molecular weight excluding hydrogens is 283 g/mol. The first-order valence-electron chi connectivity index (χ1n) is 10.5. The number of hydrogen-bond donors (Lipinski definition) is 0. The fourth-order valence-electron chi connectivity index (χ4n) is 4.84. The van der Waals surface area contributed by atoms with Crippen LogP contribution in [0.1, 0.15) is 96.8 Å². The molecule has 0 nitrogen and oxygen atoms in total. The number of allylic oxidation sites excluding steroid dienone is 2. The highest BCUT2D eigenvalue weighted by Gasteiger charge is 2.23. The van der Waals surface area contributed by atoms with Gasteiger partial charge in [-0.25, -0.2) is 0 Å². The van der Waals surface area contributed by atoms with Gasteiger partial charge in [0.2, 0.25) is 0 Å². The molecule has 0 unspecified atom stereocenters. The summed E-state index contributed by atoms with van der Waals surface area (Å²) in [5, 5.41) is 0. The molecule has 23 heavy (non-hydrogen) atoms. The van der Waals surface area contributed by atoms with Crippen LogP contribution in [0.15, 0.2) is 12.2 Å². The molecule has 0 radical (unpaired) electrons. The van der Waals surface area contributed by atoms with Crippen molar-refractivity contribution < 1.29 is 4.39 Å². The van der Waals surface area contributed by atoms with E-state index in [0.717, 1.165) is 30.1 Å². The lowest BCUT2D eigenvalue weighted by Gasteiger charge is -2.31. The SMILES string of the molecule is CCCC1CCC(CCC2CCC(C=CCCCF)CC2)CC1. The van der Waals surface area contributed by atoms with Crippen molar-refractivity contribution in [3.63, 3.8) is 0 Å². The molecule has 2 aliphatic carbocycles. The third kappa shape index (κ3) is 7.40. The smallest absolute Gasteiger partial charge is 0.0897 e. The summed E-state index contributed by atoms with van der Waals surface area (Å²) < 4.78 is 12.1. The van der Waals surface area contributed by atoms with E-state index in [9.17, 15) is 4.39 Å². The minimum atomic E-state index is -0.169. The van der Waals surface area contributed by atoms with Gasteiger partial charge in [0, 0.05) is 0 Å². The maximum atomic E-state index is 12.1. The van der Waals surface area contributed by atoms with E-state index >= 15 is 0 Å². The van der Waals surface area contributed by atoms with E-state index in [4.69, 9.17) is 0 Å². The summed E-state index contributed by atoms with van der Waals surface area (Å²) in [7, 11) is 0. The molecule has 0 saturated heterocycles. The zero-order chi connectivity index (χ0) is 16.3.